The van der Waals surface area contributed by atoms with E-state index < -0.39 is 0 Å². The van der Waals surface area contributed by atoms with E-state index in [0.29, 0.717) is 18.2 Å². The van der Waals surface area contributed by atoms with E-state index in [2.05, 4.69) is 9.97 Å². The number of hydrogen-bond acceptors (Lipinski definition) is 5. The third kappa shape index (κ3) is 2.58. The summed E-state index contributed by atoms with van der Waals surface area (Å²) in [5.74, 6) is 1.23. The second-order valence-electron chi connectivity index (χ2n) is 6.49. The van der Waals surface area contributed by atoms with Crippen molar-refractivity contribution in [3.8, 4) is 5.75 Å². The van der Waals surface area contributed by atoms with Crippen molar-refractivity contribution in [3.05, 3.63) is 42.9 Å². The zero-order chi connectivity index (χ0) is 15.7. The zero-order valence-electron chi connectivity index (χ0n) is 12.9. The van der Waals surface area contributed by atoms with Gasteiger partial charge in [0.1, 0.15) is 12.0 Å². The molecule has 0 aromatic carbocycles. The third-order valence-corrected chi connectivity index (χ3v) is 5.14. The number of likely N-dealkylation sites (tertiary alicyclic amines) is 1. The van der Waals surface area contributed by atoms with E-state index in [4.69, 9.17) is 9.15 Å². The Morgan fingerprint density at radius 3 is 3.26 bits per heavy atom. The molecule has 2 atom stereocenters. The van der Waals surface area contributed by atoms with Gasteiger partial charge in [-0.2, -0.15) is 0 Å². The molecular formula is C17H19N3O3. The Kier molecular flexibility index (Phi) is 3.52. The van der Waals surface area contributed by atoms with E-state index in [1.54, 1.807) is 12.4 Å². The van der Waals surface area contributed by atoms with Crippen LogP contribution in [0.3, 0.4) is 0 Å². The maximum Gasteiger partial charge on any atom is 0.275 e. The molecule has 4 rings (SSSR count). The van der Waals surface area contributed by atoms with Crippen molar-refractivity contribution in [2.24, 2.45) is 11.3 Å². The molecule has 23 heavy (non-hydrogen) atoms. The van der Waals surface area contributed by atoms with E-state index in [-0.39, 0.29) is 11.3 Å². The van der Waals surface area contributed by atoms with Crippen LogP contribution in [0.1, 0.15) is 29.8 Å². The van der Waals surface area contributed by atoms with Gasteiger partial charge in [0.05, 0.1) is 12.8 Å². The molecule has 0 bridgehead atoms. The van der Waals surface area contributed by atoms with Gasteiger partial charge in [-0.05, 0) is 30.9 Å². The molecule has 6 nitrogen and oxygen atoms in total. The summed E-state index contributed by atoms with van der Waals surface area (Å²) in [6, 6.07) is 3.79. The van der Waals surface area contributed by atoms with Crippen molar-refractivity contribution in [1.29, 1.82) is 0 Å². The maximum absolute atomic E-state index is 12.5. The maximum atomic E-state index is 12.5. The molecule has 2 fully saturated rings. The summed E-state index contributed by atoms with van der Waals surface area (Å²) in [5.41, 5.74) is 0.434. The van der Waals surface area contributed by atoms with Gasteiger partial charge in [-0.25, -0.2) is 4.98 Å². The number of fused-ring (bicyclic) bond motifs is 1. The minimum Gasteiger partial charge on any atom is -0.491 e. The van der Waals surface area contributed by atoms with E-state index in [9.17, 15) is 4.79 Å². The van der Waals surface area contributed by atoms with Gasteiger partial charge in [0.2, 0.25) is 0 Å². The molecule has 0 unspecified atom stereocenters. The minimum absolute atomic E-state index is 0.0473. The number of carbonyl (C=O) groups is 1. The van der Waals surface area contributed by atoms with Gasteiger partial charge in [0.25, 0.3) is 5.91 Å². The Morgan fingerprint density at radius 2 is 2.48 bits per heavy atom. The predicted molar refractivity (Wildman–Crippen MR) is 81.9 cm³/mol. The molecule has 1 amide bonds. The second-order valence-corrected chi connectivity index (χ2v) is 6.49. The molecule has 1 saturated carbocycles. The van der Waals surface area contributed by atoms with Gasteiger partial charge < -0.3 is 14.1 Å². The normalized spacial score (nSPS) is 26.3. The standard InChI is InChI=1S/C17H19N3O3/c21-16(15-9-22-12-19-15)20-8-13-3-1-5-17(13,10-20)11-23-14-4-2-6-18-7-14/h2,4,6-7,9,12-13H,1,3,5,8,10-11H2/t13-,17+/m0/s1. The van der Waals surface area contributed by atoms with Crippen molar-refractivity contribution >= 4 is 5.91 Å². The molecule has 1 saturated heterocycles. The molecule has 2 aromatic heterocycles. The van der Waals surface area contributed by atoms with Crippen molar-refractivity contribution < 1.29 is 13.9 Å². The van der Waals surface area contributed by atoms with Crippen LogP contribution >= 0.6 is 0 Å². The summed E-state index contributed by atoms with van der Waals surface area (Å²) in [4.78, 5) is 22.5. The molecule has 1 aliphatic carbocycles. The number of carbonyl (C=O) groups excluding carboxylic acids is 1. The SMILES string of the molecule is O=C(c1cocn1)N1C[C@@H]2CCC[C@]2(COc2cccnc2)C1. The molecule has 120 valence electrons. The van der Waals surface area contributed by atoms with E-state index in [0.717, 1.165) is 31.7 Å². The summed E-state index contributed by atoms with van der Waals surface area (Å²) >= 11 is 0. The number of hydrogen-bond donors (Lipinski definition) is 0. The highest BCUT2D eigenvalue weighted by atomic mass is 16.5. The van der Waals surface area contributed by atoms with Crippen LogP contribution in [-0.4, -0.2) is 40.5 Å². The van der Waals surface area contributed by atoms with Crippen LogP contribution in [0.2, 0.25) is 0 Å². The van der Waals surface area contributed by atoms with Crippen molar-refractivity contribution in [2.75, 3.05) is 19.7 Å². The summed E-state index contributed by atoms with van der Waals surface area (Å²) < 4.78 is 10.9. The quantitative estimate of drug-likeness (QED) is 0.867. The molecule has 0 radical (unpaired) electrons. The average Bonchev–Trinajstić information content (AvgIpc) is 3.29. The highest BCUT2D eigenvalue weighted by molar-refractivity contribution is 5.92. The van der Waals surface area contributed by atoms with Gasteiger partial charge in [-0.1, -0.05) is 6.42 Å². The van der Waals surface area contributed by atoms with Gasteiger partial charge >= 0.3 is 0 Å². The lowest BCUT2D eigenvalue weighted by Gasteiger charge is -2.28. The first-order valence-electron chi connectivity index (χ1n) is 7.97. The highest BCUT2D eigenvalue weighted by Crippen LogP contribution is 2.49. The van der Waals surface area contributed by atoms with Crippen molar-refractivity contribution in [3.63, 3.8) is 0 Å². The van der Waals surface area contributed by atoms with Gasteiger partial charge in [0, 0.05) is 24.7 Å². The summed E-state index contributed by atoms with van der Waals surface area (Å²) in [5, 5.41) is 0. The fraction of sp³-hybridized carbons (Fsp3) is 0.471. The first-order chi connectivity index (χ1) is 11.3. The Labute approximate surface area is 134 Å². The van der Waals surface area contributed by atoms with Crippen LogP contribution in [0.5, 0.6) is 5.75 Å². The van der Waals surface area contributed by atoms with Crippen molar-refractivity contribution in [2.45, 2.75) is 19.3 Å². The topological polar surface area (TPSA) is 68.5 Å². The number of pyridine rings is 1. The first-order valence-corrected chi connectivity index (χ1v) is 7.97. The zero-order valence-corrected chi connectivity index (χ0v) is 12.9. The Morgan fingerprint density at radius 1 is 1.52 bits per heavy atom. The number of rotatable bonds is 4. The minimum atomic E-state index is -0.0473. The number of aromatic nitrogens is 2. The molecule has 3 heterocycles. The van der Waals surface area contributed by atoms with Crippen LogP contribution in [0, 0.1) is 11.3 Å². The number of nitrogens with zero attached hydrogens (tertiary/aromatic N) is 3. The van der Waals surface area contributed by atoms with Crippen LogP contribution < -0.4 is 4.74 Å². The molecule has 0 spiro atoms. The predicted octanol–water partition coefficient (Wildman–Crippen LogP) is 2.39. The largest absolute Gasteiger partial charge is 0.491 e. The van der Waals surface area contributed by atoms with E-state index >= 15 is 0 Å². The molecular weight excluding hydrogens is 294 g/mol. The molecule has 0 N–H and O–H groups in total. The monoisotopic (exact) mass is 313 g/mol. The van der Waals surface area contributed by atoms with Gasteiger partial charge in [0.15, 0.2) is 12.1 Å². The molecule has 2 aromatic rings. The fourth-order valence-electron chi connectivity index (χ4n) is 3.94. The van der Waals surface area contributed by atoms with E-state index in [1.165, 1.54) is 19.1 Å². The lowest BCUT2D eigenvalue weighted by atomic mass is 9.81. The molecule has 6 heteroatoms. The fourth-order valence-corrected chi connectivity index (χ4v) is 3.94. The number of oxazole rings is 1. The first kappa shape index (κ1) is 14.2. The smallest absolute Gasteiger partial charge is 0.275 e. The summed E-state index contributed by atoms with van der Waals surface area (Å²) in [6.07, 6.45) is 9.62. The Balaban J connectivity index is 1.47. The summed E-state index contributed by atoms with van der Waals surface area (Å²) in [6.45, 7) is 2.14. The number of ether oxygens (including phenoxy) is 1. The Hall–Kier alpha value is -2.37. The van der Waals surface area contributed by atoms with Crippen LogP contribution in [0.15, 0.2) is 41.6 Å². The highest BCUT2D eigenvalue weighted by Gasteiger charge is 2.51. The molecule has 2 aliphatic rings. The van der Waals surface area contributed by atoms with Gasteiger partial charge in [-0.15, -0.1) is 0 Å². The third-order valence-electron chi connectivity index (χ3n) is 5.14. The lowest BCUT2D eigenvalue weighted by Crippen LogP contribution is -2.35. The van der Waals surface area contributed by atoms with Crippen LogP contribution in [-0.2, 0) is 0 Å². The van der Waals surface area contributed by atoms with Crippen molar-refractivity contribution in [1.82, 2.24) is 14.9 Å². The lowest BCUT2D eigenvalue weighted by molar-refractivity contribution is 0.0740. The second kappa shape index (κ2) is 5.68. The molecule has 1 aliphatic heterocycles. The Bertz CT molecular complexity index is 674. The van der Waals surface area contributed by atoms with Gasteiger partial charge in [-0.3, -0.25) is 9.78 Å². The van der Waals surface area contributed by atoms with E-state index in [1.807, 2.05) is 17.0 Å². The average molecular weight is 313 g/mol. The summed E-state index contributed by atoms with van der Waals surface area (Å²) in [7, 11) is 0. The van der Waals surface area contributed by atoms with Crippen LogP contribution in [0.25, 0.3) is 0 Å². The van der Waals surface area contributed by atoms with Crippen LogP contribution in [0.4, 0.5) is 0 Å². The number of amides is 1.